The average molecular weight is 420 g/mol. The highest BCUT2D eigenvalue weighted by Gasteiger charge is 2.17. The van der Waals surface area contributed by atoms with E-state index in [1.807, 2.05) is 37.3 Å². The third kappa shape index (κ3) is 5.41. The fourth-order valence-corrected chi connectivity index (χ4v) is 2.98. The number of amides is 2. The highest BCUT2D eigenvalue weighted by molar-refractivity contribution is 6.03. The van der Waals surface area contributed by atoms with E-state index in [1.54, 1.807) is 24.3 Å². The monoisotopic (exact) mass is 420 g/mol. The minimum Gasteiger partial charge on any atom is -0.345 e. The number of aromatic nitrogens is 1. The summed E-state index contributed by atoms with van der Waals surface area (Å²) in [5.41, 5.74) is 0.599. The highest BCUT2D eigenvalue weighted by atomic mass is 16.6. The molecule has 1 aromatic heterocycles. The lowest BCUT2D eigenvalue weighted by Crippen LogP contribution is -2.30. The predicted molar refractivity (Wildman–Crippen MR) is 115 cm³/mol. The Kier molecular flexibility index (Phi) is 6.56. The normalized spacial score (nSPS) is 11.4. The average Bonchev–Trinajstić information content (AvgIpc) is 2.76. The van der Waals surface area contributed by atoms with Gasteiger partial charge in [-0.15, -0.1) is 0 Å². The second-order valence-corrected chi connectivity index (χ2v) is 6.81. The van der Waals surface area contributed by atoms with Crippen molar-refractivity contribution in [2.24, 2.45) is 0 Å². The van der Waals surface area contributed by atoms with Crippen molar-refractivity contribution in [2.45, 2.75) is 19.5 Å². The molecule has 1 unspecified atom stereocenters. The summed E-state index contributed by atoms with van der Waals surface area (Å²) in [4.78, 5) is 47.4. The molecule has 0 saturated carbocycles. The minimum absolute atomic E-state index is 0.249. The topological polar surface area (TPSA) is 123 Å². The Balaban J connectivity index is 1.74. The molecule has 2 N–H and O–H groups in total. The van der Waals surface area contributed by atoms with E-state index in [2.05, 4.69) is 10.6 Å². The van der Waals surface area contributed by atoms with Gasteiger partial charge in [0, 0.05) is 12.1 Å². The van der Waals surface area contributed by atoms with E-state index in [4.69, 9.17) is 0 Å². The summed E-state index contributed by atoms with van der Waals surface area (Å²) in [6.07, 6.45) is 1.00. The Morgan fingerprint density at radius 2 is 1.71 bits per heavy atom. The van der Waals surface area contributed by atoms with Gasteiger partial charge in [0.15, 0.2) is 0 Å². The molecule has 3 rings (SSSR count). The second kappa shape index (κ2) is 9.49. The van der Waals surface area contributed by atoms with Gasteiger partial charge in [-0.1, -0.05) is 42.5 Å². The highest BCUT2D eigenvalue weighted by Crippen LogP contribution is 2.18. The van der Waals surface area contributed by atoms with E-state index >= 15 is 0 Å². The molecule has 2 aromatic carbocycles. The molecule has 1 heterocycles. The largest absolute Gasteiger partial charge is 0.345 e. The number of hydrogen-bond acceptors (Lipinski definition) is 5. The molecule has 9 heteroatoms. The van der Waals surface area contributed by atoms with Gasteiger partial charge in [-0.25, -0.2) is 0 Å². The number of nitro groups is 1. The number of pyridine rings is 1. The zero-order chi connectivity index (χ0) is 22.4. The second-order valence-electron chi connectivity index (χ2n) is 6.81. The summed E-state index contributed by atoms with van der Waals surface area (Å²) in [5, 5.41) is 16.4. The number of benzene rings is 2. The Bertz CT molecular complexity index is 1170. The molecule has 9 nitrogen and oxygen atoms in total. The lowest BCUT2D eigenvalue weighted by Gasteiger charge is -2.16. The van der Waals surface area contributed by atoms with Gasteiger partial charge >= 0.3 is 0 Å². The Labute approximate surface area is 177 Å². The molecular weight excluding hydrogens is 400 g/mol. The van der Waals surface area contributed by atoms with E-state index < -0.39 is 22.9 Å². The lowest BCUT2D eigenvalue weighted by atomic mass is 10.1. The van der Waals surface area contributed by atoms with Crippen LogP contribution in [-0.4, -0.2) is 21.3 Å². The van der Waals surface area contributed by atoms with E-state index in [0.29, 0.717) is 0 Å². The van der Waals surface area contributed by atoms with Crippen LogP contribution >= 0.6 is 0 Å². The summed E-state index contributed by atoms with van der Waals surface area (Å²) >= 11 is 0. The molecule has 1 atom stereocenters. The lowest BCUT2D eigenvalue weighted by molar-refractivity contribution is -0.385. The molecule has 31 heavy (non-hydrogen) atoms. The SMILES string of the molecule is CC(NC(=O)c1ccccc1NC(=O)Cn1cc([N+](=O)[O-])ccc1=O)c1ccccc1. The standard InChI is InChI=1S/C22H20N4O5/c1-15(16-7-3-2-4-8-16)23-22(29)18-9-5-6-10-19(18)24-20(27)14-25-13-17(26(30)31)11-12-21(25)28/h2-13,15H,14H2,1H3,(H,23,29)(H,24,27). The number of rotatable bonds is 7. The van der Waals surface area contributed by atoms with Crippen LogP contribution in [0.15, 0.2) is 77.7 Å². The molecule has 0 saturated heterocycles. The number of para-hydroxylation sites is 1. The zero-order valence-corrected chi connectivity index (χ0v) is 16.6. The molecule has 0 aliphatic heterocycles. The van der Waals surface area contributed by atoms with Crippen molar-refractivity contribution in [3.63, 3.8) is 0 Å². The first-order valence-corrected chi connectivity index (χ1v) is 9.44. The molecule has 158 valence electrons. The quantitative estimate of drug-likeness (QED) is 0.449. The van der Waals surface area contributed by atoms with Crippen LogP contribution in [0.3, 0.4) is 0 Å². The van der Waals surface area contributed by atoms with Crippen molar-refractivity contribution in [3.8, 4) is 0 Å². The van der Waals surface area contributed by atoms with Crippen molar-refractivity contribution >= 4 is 23.2 Å². The smallest absolute Gasteiger partial charge is 0.285 e. The summed E-state index contributed by atoms with van der Waals surface area (Å²) in [6, 6.07) is 17.8. The molecule has 0 radical (unpaired) electrons. The van der Waals surface area contributed by atoms with Gasteiger partial charge < -0.3 is 10.6 Å². The number of anilines is 1. The van der Waals surface area contributed by atoms with Crippen LogP contribution in [0, 0.1) is 10.1 Å². The van der Waals surface area contributed by atoms with Gasteiger partial charge in [0.2, 0.25) is 5.91 Å². The molecule has 0 fully saturated rings. The number of carbonyl (C=O) groups excluding carboxylic acids is 2. The van der Waals surface area contributed by atoms with E-state index in [0.717, 1.165) is 28.5 Å². The molecule has 0 spiro atoms. The van der Waals surface area contributed by atoms with E-state index in [1.165, 1.54) is 0 Å². The summed E-state index contributed by atoms with van der Waals surface area (Å²) in [6.45, 7) is 1.42. The molecule has 0 aliphatic carbocycles. The van der Waals surface area contributed by atoms with Crippen LogP contribution in [0.25, 0.3) is 0 Å². The van der Waals surface area contributed by atoms with Gasteiger partial charge in [0.25, 0.3) is 17.2 Å². The maximum Gasteiger partial charge on any atom is 0.285 e. The van der Waals surface area contributed by atoms with Crippen LogP contribution < -0.4 is 16.2 Å². The fourth-order valence-electron chi connectivity index (χ4n) is 2.98. The van der Waals surface area contributed by atoms with Crippen LogP contribution in [0.4, 0.5) is 11.4 Å². The van der Waals surface area contributed by atoms with Crippen molar-refractivity contribution in [1.29, 1.82) is 0 Å². The van der Waals surface area contributed by atoms with Crippen molar-refractivity contribution in [2.75, 3.05) is 5.32 Å². The minimum atomic E-state index is -0.651. The van der Waals surface area contributed by atoms with Gasteiger partial charge in [0.1, 0.15) is 6.54 Å². The summed E-state index contributed by atoms with van der Waals surface area (Å²) < 4.78 is 0.938. The van der Waals surface area contributed by atoms with Gasteiger partial charge in [-0.05, 0) is 24.6 Å². The van der Waals surface area contributed by atoms with Crippen molar-refractivity contribution in [1.82, 2.24) is 9.88 Å². The van der Waals surface area contributed by atoms with Gasteiger partial charge in [0.05, 0.1) is 28.4 Å². The fraction of sp³-hybridized carbons (Fsp3) is 0.136. The molecule has 0 aliphatic rings. The van der Waals surface area contributed by atoms with E-state index in [-0.39, 0.29) is 28.9 Å². The Hall–Kier alpha value is -4.27. The number of carbonyl (C=O) groups is 2. The van der Waals surface area contributed by atoms with E-state index in [9.17, 15) is 24.5 Å². The van der Waals surface area contributed by atoms with Crippen molar-refractivity contribution < 1.29 is 14.5 Å². The molecular formula is C22H20N4O5. The maximum atomic E-state index is 12.8. The number of hydrogen-bond donors (Lipinski definition) is 2. The first-order valence-electron chi connectivity index (χ1n) is 9.44. The zero-order valence-electron chi connectivity index (χ0n) is 16.6. The first kappa shape index (κ1) is 21.4. The number of nitrogens with one attached hydrogen (secondary N) is 2. The molecule has 2 amide bonds. The summed E-state index contributed by atoms with van der Waals surface area (Å²) in [5.74, 6) is -0.973. The maximum absolute atomic E-state index is 12.8. The van der Waals surface area contributed by atoms with Crippen LogP contribution in [0.1, 0.15) is 28.9 Å². The van der Waals surface area contributed by atoms with Gasteiger partial charge in [-0.2, -0.15) is 0 Å². The van der Waals surface area contributed by atoms with Crippen LogP contribution in [-0.2, 0) is 11.3 Å². The third-order valence-electron chi connectivity index (χ3n) is 4.59. The van der Waals surface area contributed by atoms with Gasteiger partial charge in [-0.3, -0.25) is 29.1 Å². The third-order valence-corrected chi connectivity index (χ3v) is 4.59. The van der Waals surface area contributed by atoms with Crippen LogP contribution in [0.2, 0.25) is 0 Å². The van der Waals surface area contributed by atoms with Crippen LogP contribution in [0.5, 0.6) is 0 Å². The molecule has 0 bridgehead atoms. The number of nitrogens with zero attached hydrogens (tertiary/aromatic N) is 2. The Morgan fingerprint density at radius 1 is 1.03 bits per heavy atom. The first-order chi connectivity index (χ1) is 14.8. The molecule has 3 aromatic rings. The summed E-state index contributed by atoms with van der Waals surface area (Å²) in [7, 11) is 0. The van der Waals surface area contributed by atoms with Crippen molar-refractivity contribution in [3.05, 3.63) is 105 Å². The Morgan fingerprint density at radius 3 is 2.42 bits per heavy atom. The predicted octanol–water partition coefficient (Wildman–Crippen LogP) is 2.89.